The summed E-state index contributed by atoms with van der Waals surface area (Å²) in [4.78, 5) is 64.1. The van der Waals surface area contributed by atoms with Gasteiger partial charge in [0.15, 0.2) is 0 Å². The van der Waals surface area contributed by atoms with Crippen molar-refractivity contribution < 1.29 is 28.7 Å². The van der Waals surface area contributed by atoms with Gasteiger partial charge in [-0.2, -0.15) is 0 Å². The fourth-order valence-electron chi connectivity index (χ4n) is 8.35. The third-order valence-corrected chi connectivity index (χ3v) is 12.8. The highest BCUT2D eigenvalue weighted by Gasteiger charge is 2.44. The molecule has 2 fully saturated rings. The number of methoxy groups -OCH3 is 2. The van der Waals surface area contributed by atoms with Crippen LogP contribution in [0.5, 0.6) is 0 Å². The average molecular weight is 783 g/mol. The molecule has 2 saturated heterocycles. The lowest BCUT2D eigenvalue weighted by Crippen LogP contribution is -2.63. The molecule has 2 aromatic rings. The third-order valence-electron chi connectivity index (χ3n) is 11.9. The molecule has 0 spiro atoms. The van der Waals surface area contributed by atoms with Crippen LogP contribution in [0.1, 0.15) is 103 Å². The average Bonchev–Trinajstić information content (AvgIpc) is 3.90. The van der Waals surface area contributed by atoms with E-state index >= 15 is 0 Å². The van der Waals surface area contributed by atoms with E-state index in [1.54, 1.807) is 32.4 Å². The van der Waals surface area contributed by atoms with Crippen molar-refractivity contribution in [2.24, 2.45) is 17.8 Å². The summed E-state index contributed by atoms with van der Waals surface area (Å²) in [6.45, 7) is 13.1. The monoisotopic (exact) mass is 782 g/mol. The van der Waals surface area contributed by atoms with Crippen LogP contribution in [-0.4, -0.2) is 109 Å². The van der Waals surface area contributed by atoms with Gasteiger partial charge in [0.1, 0.15) is 11.0 Å². The van der Waals surface area contributed by atoms with Gasteiger partial charge in [-0.05, 0) is 69.4 Å². The number of amides is 4. The number of hydrogen-bond donors (Lipinski definition) is 3. The molecule has 13 heteroatoms. The Hall–Kier alpha value is -3.39. The van der Waals surface area contributed by atoms with Crippen LogP contribution in [-0.2, 0) is 35.1 Å². The van der Waals surface area contributed by atoms with Gasteiger partial charge in [0.05, 0.1) is 48.2 Å². The second kappa shape index (κ2) is 20.7. The van der Waals surface area contributed by atoms with Crippen molar-refractivity contribution in [1.29, 1.82) is 0 Å². The van der Waals surface area contributed by atoms with E-state index < -0.39 is 35.7 Å². The van der Waals surface area contributed by atoms with Gasteiger partial charge in [0.25, 0.3) is 0 Å². The number of aromatic nitrogens is 1. The Morgan fingerprint density at radius 3 is 2.36 bits per heavy atom. The zero-order chi connectivity index (χ0) is 40.3. The first-order valence-electron chi connectivity index (χ1n) is 20.2. The molecule has 1 aromatic carbocycles. The molecule has 306 valence electrons. The zero-order valence-corrected chi connectivity index (χ0v) is 35.3. The minimum absolute atomic E-state index is 0.000717. The molecule has 0 radical (unpaired) electrons. The largest absolute Gasteiger partial charge is 0.379 e. The Bertz CT molecular complexity index is 1520. The lowest BCUT2D eigenvalue weighted by Gasteiger charge is -2.41. The Kier molecular flexibility index (Phi) is 16.7. The molecule has 4 amide bonds. The molecule has 0 aliphatic carbocycles. The number of likely N-dealkylation sites (tertiary alicyclic amines) is 1. The van der Waals surface area contributed by atoms with Crippen LogP contribution in [0.3, 0.4) is 0 Å². The summed E-state index contributed by atoms with van der Waals surface area (Å²) in [5.74, 6) is -1.34. The highest BCUT2D eigenvalue weighted by atomic mass is 32.1. The van der Waals surface area contributed by atoms with Crippen LogP contribution in [0.2, 0.25) is 0 Å². The van der Waals surface area contributed by atoms with Gasteiger partial charge < -0.3 is 35.2 Å². The number of hydrogen-bond acceptors (Lipinski definition) is 9. The van der Waals surface area contributed by atoms with Crippen LogP contribution < -0.4 is 16.0 Å². The van der Waals surface area contributed by atoms with Gasteiger partial charge in [-0.3, -0.25) is 19.2 Å². The molecule has 12 nitrogen and oxygen atoms in total. The molecule has 3 N–H and O–H groups in total. The van der Waals surface area contributed by atoms with E-state index in [-0.39, 0.29) is 54.0 Å². The van der Waals surface area contributed by atoms with Crippen molar-refractivity contribution in [1.82, 2.24) is 30.7 Å². The van der Waals surface area contributed by atoms with Gasteiger partial charge in [-0.1, -0.05) is 71.4 Å². The van der Waals surface area contributed by atoms with Crippen molar-refractivity contribution in [2.45, 2.75) is 135 Å². The second-order valence-corrected chi connectivity index (χ2v) is 17.0. The lowest BCUT2D eigenvalue weighted by atomic mass is 9.88. The Morgan fingerprint density at radius 2 is 1.78 bits per heavy atom. The highest BCUT2D eigenvalue weighted by Crippen LogP contribution is 2.31. The SMILES string of the molecule is CC[C@H](C)[C@@H]([C@@H](CC(=O)N1CCC[C@H]1C(OC)C(C)C(=O)NC(Cc1ccccc1)c1nccs1)OC)N(C)C(=O)[C@@H](NC(=O)[C@]1(C)CCCCN1)C(C)C. The third kappa shape index (κ3) is 11.1. The topological polar surface area (TPSA) is 142 Å². The van der Waals surface area contributed by atoms with Gasteiger partial charge >= 0.3 is 0 Å². The molecule has 3 unspecified atom stereocenters. The first-order chi connectivity index (χ1) is 26.3. The maximum absolute atomic E-state index is 14.3. The Labute approximate surface area is 332 Å². The van der Waals surface area contributed by atoms with Gasteiger partial charge in [-0.15, -0.1) is 11.3 Å². The van der Waals surface area contributed by atoms with Crippen LogP contribution in [0.15, 0.2) is 41.9 Å². The van der Waals surface area contributed by atoms with E-state index in [4.69, 9.17) is 9.47 Å². The van der Waals surface area contributed by atoms with Crippen LogP contribution in [0.25, 0.3) is 0 Å². The Balaban J connectivity index is 1.47. The number of nitrogens with zero attached hydrogens (tertiary/aromatic N) is 3. The van der Waals surface area contributed by atoms with Gasteiger partial charge in [0.2, 0.25) is 23.6 Å². The number of likely N-dealkylation sites (N-methyl/N-ethyl adjacent to an activating group) is 1. The van der Waals surface area contributed by atoms with E-state index in [9.17, 15) is 19.2 Å². The smallest absolute Gasteiger partial charge is 0.245 e. The number of carbonyl (C=O) groups excluding carboxylic acids is 4. The summed E-state index contributed by atoms with van der Waals surface area (Å²) in [5, 5.41) is 12.4. The van der Waals surface area contributed by atoms with Crippen LogP contribution in [0.4, 0.5) is 0 Å². The first-order valence-corrected chi connectivity index (χ1v) is 21.1. The van der Waals surface area contributed by atoms with E-state index in [1.165, 1.54) is 11.3 Å². The van der Waals surface area contributed by atoms with Crippen LogP contribution in [0, 0.1) is 17.8 Å². The van der Waals surface area contributed by atoms with Gasteiger partial charge in [-0.25, -0.2) is 4.98 Å². The predicted molar refractivity (Wildman–Crippen MR) is 216 cm³/mol. The van der Waals surface area contributed by atoms with Crippen molar-refractivity contribution in [3.05, 3.63) is 52.5 Å². The highest BCUT2D eigenvalue weighted by molar-refractivity contribution is 7.09. The fourth-order valence-corrected chi connectivity index (χ4v) is 9.04. The molecular formula is C42H66N6O6S. The minimum Gasteiger partial charge on any atom is -0.379 e. The molecule has 2 aliphatic heterocycles. The number of thiazole rings is 1. The summed E-state index contributed by atoms with van der Waals surface area (Å²) in [6.07, 6.45) is 6.21. The maximum Gasteiger partial charge on any atom is 0.245 e. The molecule has 1 aromatic heterocycles. The first kappa shape index (κ1) is 44.3. The molecule has 3 heterocycles. The van der Waals surface area contributed by atoms with Crippen molar-refractivity contribution in [3.8, 4) is 0 Å². The Morgan fingerprint density at radius 1 is 1.05 bits per heavy atom. The van der Waals surface area contributed by atoms with Gasteiger partial charge in [0, 0.05) is 39.4 Å². The molecule has 0 bridgehead atoms. The lowest BCUT2D eigenvalue weighted by molar-refractivity contribution is -0.148. The molecule has 4 rings (SSSR count). The summed E-state index contributed by atoms with van der Waals surface area (Å²) in [6, 6.07) is 8.25. The number of carbonyl (C=O) groups is 4. The normalized spacial score (nSPS) is 22.6. The fraction of sp³-hybridized carbons (Fsp3) is 0.690. The van der Waals surface area contributed by atoms with Crippen LogP contribution >= 0.6 is 11.3 Å². The molecule has 9 atom stereocenters. The van der Waals surface area contributed by atoms with E-state index in [0.717, 1.165) is 42.8 Å². The molecule has 55 heavy (non-hydrogen) atoms. The molecular weight excluding hydrogens is 717 g/mol. The minimum atomic E-state index is -0.737. The second-order valence-electron chi connectivity index (χ2n) is 16.1. The molecule has 2 aliphatic rings. The summed E-state index contributed by atoms with van der Waals surface area (Å²) in [7, 11) is 4.95. The summed E-state index contributed by atoms with van der Waals surface area (Å²) >= 11 is 1.51. The zero-order valence-electron chi connectivity index (χ0n) is 34.5. The predicted octanol–water partition coefficient (Wildman–Crippen LogP) is 5.14. The van der Waals surface area contributed by atoms with Crippen molar-refractivity contribution in [3.63, 3.8) is 0 Å². The maximum atomic E-state index is 14.3. The quantitative estimate of drug-likeness (QED) is 0.178. The summed E-state index contributed by atoms with van der Waals surface area (Å²) < 4.78 is 12.1. The van der Waals surface area contributed by atoms with E-state index in [1.807, 2.05) is 68.3 Å². The van der Waals surface area contributed by atoms with E-state index in [0.29, 0.717) is 25.8 Å². The van der Waals surface area contributed by atoms with Crippen molar-refractivity contribution in [2.75, 3.05) is 34.4 Å². The number of rotatable bonds is 19. The van der Waals surface area contributed by atoms with E-state index in [2.05, 4.69) is 34.8 Å². The number of ether oxygens (including phenoxy) is 2. The standard InChI is InChI=1S/C42H66N6O6S/c1-10-28(4)36(47(7)40(51)35(27(2)3)46-41(52)42(6)20-14-15-21-44-42)33(53-8)26-34(49)48-23-16-19-32(48)37(54-9)29(5)38(50)45-31(39-43-22-24-55-39)25-30-17-12-11-13-18-30/h11-13,17-18,22,24,27-29,31-33,35-37,44H,10,14-16,19-21,23,25-26H2,1-9H3,(H,45,50)(H,46,52)/t28-,29?,31?,32-,33+,35-,36-,37?,42-/m0/s1. The summed E-state index contributed by atoms with van der Waals surface area (Å²) in [5.41, 5.74) is 0.370. The molecule has 0 saturated carbocycles. The number of nitrogens with one attached hydrogen (secondary N) is 3. The number of benzene rings is 1. The number of piperidine rings is 1. The van der Waals surface area contributed by atoms with Crippen molar-refractivity contribution >= 4 is 35.0 Å².